The van der Waals surface area contributed by atoms with Gasteiger partial charge in [0.05, 0.1) is 6.04 Å². The van der Waals surface area contributed by atoms with E-state index in [9.17, 15) is 9.18 Å². The second-order valence-electron chi connectivity index (χ2n) is 5.36. The van der Waals surface area contributed by atoms with Gasteiger partial charge in [-0.25, -0.2) is 4.39 Å². The van der Waals surface area contributed by atoms with Gasteiger partial charge in [0.15, 0.2) is 0 Å². The van der Waals surface area contributed by atoms with Crippen LogP contribution in [0.15, 0.2) is 54.9 Å². The van der Waals surface area contributed by atoms with Gasteiger partial charge in [0, 0.05) is 25.0 Å². The van der Waals surface area contributed by atoms with Gasteiger partial charge in [-0.3, -0.25) is 9.78 Å². The van der Waals surface area contributed by atoms with Crippen molar-refractivity contribution in [1.29, 1.82) is 0 Å². The van der Waals surface area contributed by atoms with E-state index in [1.165, 1.54) is 12.1 Å². The molecule has 112 valence electrons. The average Bonchev–Trinajstić information content (AvgIpc) is 3.04. The highest BCUT2D eigenvalue weighted by atomic mass is 19.1. The summed E-state index contributed by atoms with van der Waals surface area (Å²) in [4.78, 5) is 18.4. The molecule has 0 N–H and O–H groups in total. The molecule has 0 bridgehead atoms. The van der Waals surface area contributed by atoms with Gasteiger partial charge in [-0.15, -0.1) is 0 Å². The largest absolute Gasteiger partial charge is 0.332 e. The Kier molecular flexibility index (Phi) is 4.28. The van der Waals surface area contributed by atoms with E-state index >= 15 is 0 Å². The van der Waals surface area contributed by atoms with Crippen LogP contribution >= 0.6 is 0 Å². The third-order valence-electron chi connectivity index (χ3n) is 3.89. The zero-order valence-electron chi connectivity index (χ0n) is 12.2. The minimum absolute atomic E-state index is 0.0179. The van der Waals surface area contributed by atoms with Crippen LogP contribution < -0.4 is 0 Å². The Bertz CT molecular complexity index is 667. The first kappa shape index (κ1) is 14.4. The molecule has 1 aromatic heterocycles. The number of likely N-dealkylation sites (tertiary alicyclic amines) is 1. The van der Waals surface area contributed by atoms with Gasteiger partial charge in [0.2, 0.25) is 5.91 Å². The summed E-state index contributed by atoms with van der Waals surface area (Å²) in [5.41, 5.74) is 1.88. The first-order valence-corrected chi connectivity index (χ1v) is 7.38. The lowest BCUT2D eigenvalue weighted by Gasteiger charge is -2.23. The zero-order chi connectivity index (χ0) is 15.4. The van der Waals surface area contributed by atoms with Gasteiger partial charge in [0.25, 0.3) is 0 Å². The molecule has 1 aromatic carbocycles. The van der Waals surface area contributed by atoms with Gasteiger partial charge in [0.1, 0.15) is 5.82 Å². The number of hydrogen-bond donors (Lipinski definition) is 0. The van der Waals surface area contributed by atoms with Crippen LogP contribution in [0.25, 0.3) is 6.08 Å². The second-order valence-corrected chi connectivity index (χ2v) is 5.36. The molecule has 1 aliphatic heterocycles. The van der Waals surface area contributed by atoms with Crippen LogP contribution in [0.5, 0.6) is 0 Å². The van der Waals surface area contributed by atoms with E-state index in [-0.39, 0.29) is 17.8 Å². The molecular weight excluding hydrogens is 279 g/mol. The Labute approximate surface area is 129 Å². The summed E-state index contributed by atoms with van der Waals surface area (Å²) in [5.74, 6) is -0.296. The van der Waals surface area contributed by atoms with Crippen molar-refractivity contribution in [3.05, 3.63) is 71.8 Å². The normalized spacial score (nSPS) is 18.0. The lowest BCUT2D eigenvalue weighted by Crippen LogP contribution is -2.28. The summed E-state index contributed by atoms with van der Waals surface area (Å²) in [6.45, 7) is 0.756. The average molecular weight is 296 g/mol. The van der Waals surface area contributed by atoms with Crippen LogP contribution in [-0.4, -0.2) is 22.3 Å². The molecule has 1 amide bonds. The molecule has 4 heteroatoms. The number of aromatic nitrogens is 1. The molecule has 3 rings (SSSR count). The van der Waals surface area contributed by atoms with Crippen molar-refractivity contribution in [3.8, 4) is 0 Å². The molecule has 2 aromatic rings. The fourth-order valence-corrected chi connectivity index (χ4v) is 2.79. The van der Waals surface area contributed by atoms with Crippen LogP contribution in [-0.2, 0) is 4.79 Å². The van der Waals surface area contributed by atoms with Crippen LogP contribution in [0, 0.1) is 5.82 Å². The van der Waals surface area contributed by atoms with E-state index in [1.54, 1.807) is 30.5 Å². The van der Waals surface area contributed by atoms with E-state index < -0.39 is 0 Å². The molecule has 1 aliphatic rings. The lowest BCUT2D eigenvalue weighted by atomic mass is 10.1. The number of carbonyl (C=O) groups excluding carboxylic acids is 1. The van der Waals surface area contributed by atoms with Crippen LogP contribution in [0.4, 0.5) is 4.39 Å². The van der Waals surface area contributed by atoms with Crippen LogP contribution in [0.2, 0.25) is 0 Å². The molecule has 3 nitrogen and oxygen atoms in total. The number of benzene rings is 1. The van der Waals surface area contributed by atoms with Crippen LogP contribution in [0.3, 0.4) is 0 Å². The number of pyridine rings is 1. The minimum atomic E-state index is -0.278. The maximum absolute atomic E-state index is 12.9. The van der Waals surface area contributed by atoms with Crippen molar-refractivity contribution >= 4 is 12.0 Å². The molecule has 0 radical (unpaired) electrons. The maximum atomic E-state index is 12.9. The lowest BCUT2D eigenvalue weighted by molar-refractivity contribution is -0.126. The highest BCUT2D eigenvalue weighted by molar-refractivity contribution is 5.92. The van der Waals surface area contributed by atoms with Gasteiger partial charge < -0.3 is 4.90 Å². The molecule has 1 unspecified atom stereocenters. The Morgan fingerprint density at radius 3 is 2.82 bits per heavy atom. The summed E-state index contributed by atoms with van der Waals surface area (Å²) in [7, 11) is 0. The van der Waals surface area contributed by atoms with E-state index in [4.69, 9.17) is 0 Å². The highest BCUT2D eigenvalue weighted by Gasteiger charge is 2.28. The number of halogens is 1. The summed E-state index contributed by atoms with van der Waals surface area (Å²) in [5, 5.41) is 0. The summed E-state index contributed by atoms with van der Waals surface area (Å²) >= 11 is 0. The zero-order valence-corrected chi connectivity index (χ0v) is 12.2. The van der Waals surface area contributed by atoms with Crippen molar-refractivity contribution in [3.63, 3.8) is 0 Å². The number of rotatable bonds is 3. The quantitative estimate of drug-likeness (QED) is 0.811. The summed E-state index contributed by atoms with van der Waals surface area (Å²) in [6, 6.07) is 10.1. The standard InChI is InChI=1S/C18H17FN2O/c19-16-8-5-14(6-9-16)7-10-18(22)21-12-2-4-17(21)15-3-1-11-20-13-15/h1,3,5-11,13,17H,2,4,12H2. The molecule has 1 saturated heterocycles. The number of amides is 1. The van der Waals surface area contributed by atoms with Crippen molar-refractivity contribution in [2.75, 3.05) is 6.54 Å². The van der Waals surface area contributed by atoms with Crippen molar-refractivity contribution in [1.82, 2.24) is 9.88 Å². The van der Waals surface area contributed by atoms with E-state index in [0.29, 0.717) is 0 Å². The monoisotopic (exact) mass is 296 g/mol. The first-order chi connectivity index (χ1) is 10.7. The third-order valence-corrected chi connectivity index (χ3v) is 3.89. The smallest absolute Gasteiger partial charge is 0.247 e. The molecule has 0 aliphatic carbocycles. The molecule has 1 atom stereocenters. The Morgan fingerprint density at radius 1 is 1.27 bits per heavy atom. The number of carbonyl (C=O) groups is 1. The van der Waals surface area contributed by atoms with Gasteiger partial charge in [-0.2, -0.15) is 0 Å². The number of nitrogens with zero attached hydrogens (tertiary/aromatic N) is 2. The van der Waals surface area contributed by atoms with E-state index in [2.05, 4.69) is 4.98 Å². The predicted molar refractivity (Wildman–Crippen MR) is 83.4 cm³/mol. The van der Waals surface area contributed by atoms with Gasteiger partial charge in [-0.05, 0) is 48.2 Å². The number of hydrogen-bond acceptors (Lipinski definition) is 2. The van der Waals surface area contributed by atoms with Crippen LogP contribution in [0.1, 0.15) is 30.0 Å². The molecule has 0 saturated carbocycles. The molecule has 2 heterocycles. The topological polar surface area (TPSA) is 33.2 Å². The molecular formula is C18H17FN2O. The van der Waals surface area contributed by atoms with Crippen molar-refractivity contribution < 1.29 is 9.18 Å². The second kappa shape index (κ2) is 6.52. The summed E-state index contributed by atoms with van der Waals surface area (Å²) in [6.07, 6.45) is 8.79. The minimum Gasteiger partial charge on any atom is -0.332 e. The molecule has 0 spiro atoms. The third kappa shape index (κ3) is 3.22. The maximum Gasteiger partial charge on any atom is 0.247 e. The predicted octanol–water partition coefficient (Wildman–Crippen LogP) is 3.60. The molecule has 22 heavy (non-hydrogen) atoms. The van der Waals surface area contributed by atoms with E-state index in [1.807, 2.05) is 23.2 Å². The van der Waals surface area contributed by atoms with Crippen molar-refractivity contribution in [2.24, 2.45) is 0 Å². The Morgan fingerprint density at radius 2 is 2.09 bits per heavy atom. The fourth-order valence-electron chi connectivity index (χ4n) is 2.79. The Balaban J connectivity index is 1.72. The summed E-state index contributed by atoms with van der Waals surface area (Å²) < 4.78 is 12.9. The Hall–Kier alpha value is -2.49. The highest BCUT2D eigenvalue weighted by Crippen LogP contribution is 2.31. The SMILES string of the molecule is O=C(C=Cc1ccc(F)cc1)N1CCCC1c1cccnc1. The fraction of sp³-hybridized carbons (Fsp3) is 0.222. The van der Waals surface area contributed by atoms with Crippen molar-refractivity contribution in [2.45, 2.75) is 18.9 Å². The first-order valence-electron chi connectivity index (χ1n) is 7.38. The van der Waals surface area contributed by atoms with E-state index in [0.717, 1.165) is 30.5 Å². The van der Waals surface area contributed by atoms with Gasteiger partial charge >= 0.3 is 0 Å². The van der Waals surface area contributed by atoms with Gasteiger partial charge in [-0.1, -0.05) is 18.2 Å². The molecule has 1 fully saturated rings.